The normalized spacial score (nSPS) is 17.0. The molecule has 0 spiro atoms. The molecule has 5 rings (SSSR count). The number of rotatable bonds is 5. The lowest BCUT2D eigenvalue weighted by molar-refractivity contribution is -0.133. The zero-order valence-electron chi connectivity index (χ0n) is 17.8. The summed E-state index contributed by atoms with van der Waals surface area (Å²) < 4.78 is 5.46. The summed E-state index contributed by atoms with van der Waals surface area (Å²) in [5.41, 5.74) is 2.13. The van der Waals surface area contributed by atoms with Crippen LogP contribution in [0.4, 0.5) is 5.69 Å². The summed E-state index contributed by atoms with van der Waals surface area (Å²) in [4.78, 5) is 61.1. The zero-order chi connectivity index (χ0) is 23.8. The van der Waals surface area contributed by atoms with E-state index in [0.717, 1.165) is 5.56 Å². The number of furan rings is 1. The fourth-order valence-electron chi connectivity index (χ4n) is 4.01. The van der Waals surface area contributed by atoms with Crippen LogP contribution in [-0.4, -0.2) is 35.3 Å². The van der Waals surface area contributed by atoms with Crippen molar-refractivity contribution in [1.29, 1.82) is 0 Å². The number of piperidine rings is 1. The summed E-state index contributed by atoms with van der Waals surface area (Å²) in [6.45, 7) is 0.186. The van der Waals surface area contributed by atoms with Gasteiger partial charge in [0.15, 0.2) is 17.3 Å². The highest BCUT2D eigenvalue weighted by atomic mass is 16.4. The van der Waals surface area contributed by atoms with E-state index in [0.29, 0.717) is 17.7 Å². The molecular weight excluding hydrogens is 438 g/mol. The summed E-state index contributed by atoms with van der Waals surface area (Å²) in [6.07, 6.45) is 0.707. The van der Waals surface area contributed by atoms with Crippen molar-refractivity contribution in [3.05, 3.63) is 88.4 Å². The monoisotopic (exact) mass is 457 g/mol. The van der Waals surface area contributed by atoms with Gasteiger partial charge in [-0.05, 0) is 24.1 Å². The quantitative estimate of drug-likeness (QED) is 0.391. The molecule has 2 heterocycles. The fraction of sp³-hybridized carbons (Fsp3) is 0.160. The van der Waals surface area contributed by atoms with Crippen molar-refractivity contribution < 1.29 is 28.4 Å². The zero-order valence-corrected chi connectivity index (χ0v) is 17.8. The molecule has 1 saturated heterocycles. The number of anilines is 1. The summed E-state index contributed by atoms with van der Waals surface area (Å²) in [7, 11) is 0. The van der Waals surface area contributed by atoms with Crippen LogP contribution in [0.2, 0.25) is 0 Å². The molecule has 0 bridgehead atoms. The number of fused-ring (bicyclic) bond motifs is 2. The Labute approximate surface area is 193 Å². The Morgan fingerprint density at radius 2 is 1.65 bits per heavy atom. The molecule has 9 nitrogen and oxygen atoms in total. The van der Waals surface area contributed by atoms with Crippen molar-refractivity contribution in [1.82, 2.24) is 10.6 Å². The highest BCUT2D eigenvalue weighted by Crippen LogP contribution is 2.29. The minimum atomic E-state index is -0.551. The van der Waals surface area contributed by atoms with E-state index in [1.54, 1.807) is 48.5 Å². The van der Waals surface area contributed by atoms with E-state index in [4.69, 9.17) is 4.42 Å². The van der Waals surface area contributed by atoms with Crippen LogP contribution in [0.1, 0.15) is 61.0 Å². The van der Waals surface area contributed by atoms with Gasteiger partial charge >= 0.3 is 0 Å². The molecule has 1 fully saturated rings. The number of ketones is 2. The van der Waals surface area contributed by atoms with E-state index in [1.807, 2.05) is 0 Å². The maximum atomic E-state index is 12.7. The van der Waals surface area contributed by atoms with E-state index >= 15 is 0 Å². The Hall–Kier alpha value is -4.53. The molecule has 34 heavy (non-hydrogen) atoms. The molecule has 1 aliphatic heterocycles. The lowest BCUT2D eigenvalue weighted by atomic mass is 9.89. The average Bonchev–Trinajstić information content (AvgIpc) is 3.30. The number of hydrogen-bond acceptors (Lipinski definition) is 7. The first-order valence-electron chi connectivity index (χ1n) is 10.7. The molecule has 1 atom stereocenters. The van der Waals surface area contributed by atoms with Crippen LogP contribution < -0.4 is 16.0 Å². The molecule has 1 unspecified atom stereocenters. The minimum Gasteiger partial charge on any atom is -0.447 e. The van der Waals surface area contributed by atoms with Crippen LogP contribution in [0.25, 0.3) is 0 Å². The molecule has 9 heteroatoms. The largest absolute Gasteiger partial charge is 0.447 e. The second-order valence-electron chi connectivity index (χ2n) is 8.08. The first-order chi connectivity index (χ1) is 16.4. The first kappa shape index (κ1) is 21.3. The van der Waals surface area contributed by atoms with Crippen molar-refractivity contribution in [2.45, 2.75) is 25.4 Å². The Bertz CT molecular complexity index is 1300. The molecule has 170 valence electrons. The van der Waals surface area contributed by atoms with E-state index in [2.05, 4.69) is 16.0 Å². The summed E-state index contributed by atoms with van der Waals surface area (Å²) in [5.74, 6) is -2.20. The first-order valence-corrected chi connectivity index (χ1v) is 10.7. The number of hydrogen-bond donors (Lipinski definition) is 3. The second kappa shape index (κ2) is 8.43. The standard InChI is InChI=1S/C25H19N3O6/c29-20-10-9-18(24(32)28-20)27-14-7-5-13(6-8-14)12-26-25(33)19-11-17-21(30)15-3-1-2-4-16(15)22(31)23(17)34-19/h1-8,11,18,27H,9-10,12H2,(H,26,33)(H,28,29,32). The third kappa shape index (κ3) is 3.88. The van der Waals surface area contributed by atoms with Gasteiger partial charge in [0.05, 0.1) is 5.56 Å². The van der Waals surface area contributed by atoms with E-state index in [1.165, 1.54) is 6.07 Å². The summed E-state index contributed by atoms with van der Waals surface area (Å²) in [5, 5.41) is 8.09. The van der Waals surface area contributed by atoms with Gasteiger partial charge < -0.3 is 15.1 Å². The molecule has 3 N–H and O–H groups in total. The summed E-state index contributed by atoms with van der Waals surface area (Å²) >= 11 is 0. The third-order valence-corrected chi connectivity index (χ3v) is 5.81. The van der Waals surface area contributed by atoms with Gasteiger partial charge in [0.1, 0.15) is 6.04 Å². The Kier molecular flexibility index (Phi) is 5.29. The van der Waals surface area contributed by atoms with Gasteiger partial charge in [-0.2, -0.15) is 0 Å². The summed E-state index contributed by atoms with van der Waals surface area (Å²) in [6, 6.07) is 14.4. The number of benzene rings is 2. The number of carbonyl (C=O) groups is 5. The lowest BCUT2D eigenvalue weighted by Gasteiger charge is -2.22. The van der Waals surface area contributed by atoms with Crippen molar-refractivity contribution in [2.24, 2.45) is 0 Å². The van der Waals surface area contributed by atoms with Crippen molar-refractivity contribution in [3.63, 3.8) is 0 Å². The molecule has 1 aliphatic carbocycles. The molecule has 3 amide bonds. The van der Waals surface area contributed by atoms with Crippen molar-refractivity contribution in [2.75, 3.05) is 5.32 Å². The molecular formula is C25H19N3O6. The number of nitrogens with one attached hydrogen (secondary N) is 3. The van der Waals surface area contributed by atoms with E-state index in [9.17, 15) is 24.0 Å². The van der Waals surface area contributed by atoms with Crippen LogP contribution >= 0.6 is 0 Å². The van der Waals surface area contributed by atoms with Crippen LogP contribution in [0.5, 0.6) is 0 Å². The number of carbonyl (C=O) groups excluding carboxylic acids is 5. The van der Waals surface area contributed by atoms with Crippen LogP contribution in [-0.2, 0) is 16.1 Å². The van der Waals surface area contributed by atoms with Gasteiger partial charge in [-0.15, -0.1) is 0 Å². The maximum absolute atomic E-state index is 12.7. The van der Waals surface area contributed by atoms with Crippen molar-refractivity contribution in [3.8, 4) is 0 Å². The van der Waals surface area contributed by atoms with Crippen LogP contribution in [0, 0.1) is 0 Å². The second-order valence-corrected chi connectivity index (χ2v) is 8.08. The Balaban J connectivity index is 1.22. The highest BCUT2D eigenvalue weighted by molar-refractivity contribution is 6.27. The number of amides is 3. The van der Waals surface area contributed by atoms with Gasteiger partial charge in [0, 0.05) is 35.8 Å². The molecule has 0 saturated carbocycles. The highest BCUT2D eigenvalue weighted by Gasteiger charge is 2.34. The van der Waals surface area contributed by atoms with Crippen LogP contribution in [0.3, 0.4) is 0 Å². The fourth-order valence-corrected chi connectivity index (χ4v) is 4.01. The van der Waals surface area contributed by atoms with E-state index < -0.39 is 17.7 Å². The molecule has 2 aromatic carbocycles. The minimum absolute atomic E-state index is 0.0812. The Morgan fingerprint density at radius 1 is 0.941 bits per heavy atom. The third-order valence-electron chi connectivity index (χ3n) is 5.81. The SMILES string of the molecule is O=C1CCC(Nc2ccc(CNC(=O)c3cc4c(o3)C(=O)c3ccccc3C4=O)cc2)C(=O)N1. The molecule has 1 aromatic heterocycles. The molecule has 2 aliphatic rings. The van der Waals surface area contributed by atoms with Gasteiger partial charge in [-0.1, -0.05) is 36.4 Å². The van der Waals surface area contributed by atoms with E-state index in [-0.39, 0.29) is 53.2 Å². The number of imide groups is 1. The van der Waals surface area contributed by atoms with Gasteiger partial charge in [0.25, 0.3) is 5.91 Å². The molecule has 0 radical (unpaired) electrons. The predicted octanol–water partition coefficient (Wildman–Crippen LogP) is 2.20. The average molecular weight is 457 g/mol. The smallest absolute Gasteiger partial charge is 0.287 e. The predicted molar refractivity (Wildman–Crippen MR) is 119 cm³/mol. The van der Waals surface area contributed by atoms with Gasteiger partial charge in [-0.25, -0.2) is 0 Å². The van der Waals surface area contributed by atoms with Gasteiger partial charge in [-0.3, -0.25) is 29.3 Å². The molecule has 3 aromatic rings. The van der Waals surface area contributed by atoms with Gasteiger partial charge in [0.2, 0.25) is 17.6 Å². The maximum Gasteiger partial charge on any atom is 0.287 e. The van der Waals surface area contributed by atoms with Crippen LogP contribution in [0.15, 0.2) is 59.0 Å². The lowest BCUT2D eigenvalue weighted by Crippen LogP contribution is -2.47. The Morgan fingerprint density at radius 3 is 2.35 bits per heavy atom. The van der Waals surface area contributed by atoms with Crippen molar-refractivity contribution >= 4 is 35.0 Å². The topological polar surface area (TPSA) is 135 Å².